The van der Waals surface area contributed by atoms with Crippen LogP contribution in [0.2, 0.25) is 0 Å². The van der Waals surface area contributed by atoms with E-state index in [2.05, 4.69) is 37.4 Å². The van der Waals surface area contributed by atoms with Crippen LogP contribution in [0.25, 0.3) is 0 Å². The van der Waals surface area contributed by atoms with Crippen molar-refractivity contribution in [2.45, 2.75) is 12.8 Å². The topological polar surface area (TPSA) is 0 Å². The van der Waals surface area contributed by atoms with Gasteiger partial charge in [-0.3, -0.25) is 0 Å². The van der Waals surface area contributed by atoms with Gasteiger partial charge in [0.2, 0.25) is 0 Å². The SMILES string of the molecule is C=CC[C](C=C)Cc1ccccc1. The third-order valence-electron chi connectivity index (χ3n) is 1.97. The lowest BCUT2D eigenvalue weighted by Crippen LogP contribution is -1.96. The van der Waals surface area contributed by atoms with Gasteiger partial charge >= 0.3 is 0 Å². The van der Waals surface area contributed by atoms with E-state index in [9.17, 15) is 0 Å². The van der Waals surface area contributed by atoms with Crippen LogP contribution in [0.15, 0.2) is 55.6 Å². The van der Waals surface area contributed by atoms with Crippen molar-refractivity contribution in [3.8, 4) is 0 Å². The molecule has 0 aliphatic carbocycles. The highest BCUT2D eigenvalue weighted by Crippen LogP contribution is 2.15. The molecule has 1 rings (SSSR count). The van der Waals surface area contributed by atoms with Crippen molar-refractivity contribution in [1.82, 2.24) is 0 Å². The number of hydrogen-bond donors (Lipinski definition) is 0. The summed E-state index contributed by atoms with van der Waals surface area (Å²) in [6, 6.07) is 10.4. The average Bonchev–Trinajstić information content (AvgIpc) is 2.19. The molecule has 0 aliphatic heterocycles. The molecule has 0 saturated heterocycles. The second-order valence-corrected chi connectivity index (χ2v) is 3.02. The fourth-order valence-electron chi connectivity index (χ4n) is 1.27. The summed E-state index contributed by atoms with van der Waals surface area (Å²) in [4.78, 5) is 0. The molecule has 0 atom stereocenters. The van der Waals surface area contributed by atoms with E-state index in [4.69, 9.17) is 0 Å². The Labute approximate surface area is 80.6 Å². The van der Waals surface area contributed by atoms with Crippen LogP contribution in [0.4, 0.5) is 0 Å². The van der Waals surface area contributed by atoms with E-state index in [1.165, 1.54) is 11.5 Å². The van der Waals surface area contributed by atoms with Gasteiger partial charge in [0, 0.05) is 5.92 Å². The standard InChI is InChI=1S/C13H15/c1-3-8-12(4-2)11-13-9-6-5-7-10-13/h3-7,9-10H,1-2,8,11H2. The minimum atomic E-state index is 0.929. The molecule has 1 aromatic carbocycles. The van der Waals surface area contributed by atoms with Crippen molar-refractivity contribution < 1.29 is 0 Å². The number of hydrogen-bond acceptors (Lipinski definition) is 0. The summed E-state index contributed by atoms with van der Waals surface area (Å²) in [5, 5.41) is 0. The summed E-state index contributed by atoms with van der Waals surface area (Å²) < 4.78 is 0. The summed E-state index contributed by atoms with van der Waals surface area (Å²) in [7, 11) is 0. The monoisotopic (exact) mass is 171 g/mol. The van der Waals surface area contributed by atoms with Gasteiger partial charge in [-0.05, 0) is 18.4 Å². The maximum Gasteiger partial charge on any atom is 0.00507 e. The predicted molar refractivity (Wildman–Crippen MR) is 58.4 cm³/mol. The quantitative estimate of drug-likeness (QED) is 0.594. The maximum absolute atomic E-state index is 3.79. The zero-order valence-electron chi connectivity index (χ0n) is 7.87. The Hall–Kier alpha value is -1.30. The van der Waals surface area contributed by atoms with Gasteiger partial charge in [0.05, 0.1) is 0 Å². The van der Waals surface area contributed by atoms with Gasteiger partial charge < -0.3 is 0 Å². The molecule has 0 nitrogen and oxygen atoms in total. The van der Waals surface area contributed by atoms with E-state index >= 15 is 0 Å². The van der Waals surface area contributed by atoms with Crippen LogP contribution < -0.4 is 0 Å². The van der Waals surface area contributed by atoms with Crippen molar-refractivity contribution in [2.75, 3.05) is 0 Å². The summed E-state index contributed by atoms with van der Waals surface area (Å²) in [6.45, 7) is 7.51. The number of benzene rings is 1. The van der Waals surface area contributed by atoms with Crippen molar-refractivity contribution in [1.29, 1.82) is 0 Å². The summed E-state index contributed by atoms with van der Waals surface area (Å²) in [5.74, 6) is 1.32. The average molecular weight is 171 g/mol. The second kappa shape index (κ2) is 5.36. The molecule has 0 heterocycles. The first kappa shape index (κ1) is 9.79. The van der Waals surface area contributed by atoms with Gasteiger partial charge in [-0.15, -0.1) is 13.2 Å². The second-order valence-electron chi connectivity index (χ2n) is 3.02. The van der Waals surface area contributed by atoms with Crippen LogP contribution in [-0.2, 0) is 6.42 Å². The van der Waals surface area contributed by atoms with Gasteiger partial charge in [-0.1, -0.05) is 42.5 Å². The molecule has 1 radical (unpaired) electrons. The largest absolute Gasteiger partial charge is 0.103 e. The highest BCUT2D eigenvalue weighted by molar-refractivity contribution is 5.23. The van der Waals surface area contributed by atoms with Gasteiger partial charge in [0.25, 0.3) is 0 Å². The van der Waals surface area contributed by atoms with Gasteiger partial charge in [0.15, 0.2) is 0 Å². The molecule has 0 aliphatic rings. The van der Waals surface area contributed by atoms with Crippen LogP contribution >= 0.6 is 0 Å². The van der Waals surface area contributed by atoms with Gasteiger partial charge in [-0.2, -0.15) is 0 Å². The first-order chi connectivity index (χ1) is 6.36. The van der Waals surface area contributed by atoms with Crippen LogP contribution in [0.5, 0.6) is 0 Å². The zero-order chi connectivity index (χ0) is 9.52. The van der Waals surface area contributed by atoms with Crippen molar-refractivity contribution in [2.24, 2.45) is 0 Å². The molecule has 0 saturated carbocycles. The van der Waals surface area contributed by atoms with Crippen molar-refractivity contribution >= 4 is 0 Å². The fourth-order valence-corrected chi connectivity index (χ4v) is 1.27. The summed E-state index contributed by atoms with van der Waals surface area (Å²) in [5.41, 5.74) is 1.33. The molecule has 13 heavy (non-hydrogen) atoms. The molecule has 67 valence electrons. The number of allylic oxidation sites excluding steroid dienone is 2. The maximum atomic E-state index is 3.79. The molecule has 0 heteroatoms. The Bertz CT molecular complexity index is 259. The molecule has 0 N–H and O–H groups in total. The van der Waals surface area contributed by atoms with E-state index < -0.39 is 0 Å². The normalized spacial score (nSPS) is 9.92. The van der Waals surface area contributed by atoms with E-state index in [0.29, 0.717) is 0 Å². The number of rotatable bonds is 5. The van der Waals surface area contributed by atoms with E-state index in [0.717, 1.165) is 12.8 Å². The molecule has 0 spiro atoms. The third kappa shape index (κ3) is 3.29. The van der Waals surface area contributed by atoms with E-state index in [1.807, 2.05) is 18.2 Å². The minimum absolute atomic E-state index is 0.929. The molecular formula is C13H15. The van der Waals surface area contributed by atoms with Crippen LogP contribution in [0.1, 0.15) is 12.0 Å². The summed E-state index contributed by atoms with van der Waals surface area (Å²) >= 11 is 0. The fraction of sp³-hybridized carbons (Fsp3) is 0.154. The summed E-state index contributed by atoms with van der Waals surface area (Å²) in [6.07, 6.45) is 5.75. The first-order valence-corrected chi connectivity index (χ1v) is 4.48. The Kier molecular flexibility index (Phi) is 4.04. The molecular weight excluding hydrogens is 156 g/mol. The molecule has 1 aromatic rings. The van der Waals surface area contributed by atoms with Crippen molar-refractivity contribution in [3.05, 3.63) is 67.1 Å². The zero-order valence-corrected chi connectivity index (χ0v) is 7.87. The molecule has 0 fully saturated rings. The molecule has 0 aromatic heterocycles. The van der Waals surface area contributed by atoms with Crippen LogP contribution in [0, 0.1) is 5.92 Å². The van der Waals surface area contributed by atoms with E-state index in [1.54, 1.807) is 0 Å². The first-order valence-electron chi connectivity index (χ1n) is 4.48. The Balaban J connectivity index is 2.56. The van der Waals surface area contributed by atoms with Crippen LogP contribution in [-0.4, -0.2) is 0 Å². The molecule has 0 amide bonds. The predicted octanol–water partition coefficient (Wildman–Crippen LogP) is 3.57. The smallest absolute Gasteiger partial charge is 0.00507 e. The Morgan fingerprint density at radius 1 is 1.15 bits per heavy atom. The lowest BCUT2D eigenvalue weighted by molar-refractivity contribution is 0.951. The van der Waals surface area contributed by atoms with E-state index in [-0.39, 0.29) is 0 Å². The lowest BCUT2D eigenvalue weighted by atomic mass is 9.96. The van der Waals surface area contributed by atoms with Gasteiger partial charge in [-0.25, -0.2) is 0 Å². The highest BCUT2D eigenvalue weighted by Gasteiger charge is 2.02. The molecule has 0 unspecified atom stereocenters. The minimum Gasteiger partial charge on any atom is -0.103 e. The molecule has 0 bridgehead atoms. The van der Waals surface area contributed by atoms with Crippen molar-refractivity contribution in [3.63, 3.8) is 0 Å². The lowest BCUT2D eigenvalue weighted by Gasteiger charge is -2.08. The van der Waals surface area contributed by atoms with Crippen LogP contribution in [0.3, 0.4) is 0 Å². The third-order valence-corrected chi connectivity index (χ3v) is 1.97. The Morgan fingerprint density at radius 2 is 1.85 bits per heavy atom. The van der Waals surface area contributed by atoms with Gasteiger partial charge in [0.1, 0.15) is 0 Å². The highest BCUT2D eigenvalue weighted by atomic mass is 14.1. The Morgan fingerprint density at radius 3 is 2.38 bits per heavy atom.